The Morgan fingerprint density at radius 3 is 2.62 bits per heavy atom. The Bertz CT molecular complexity index is 166. The number of carbonyl (C=O) groups excluding carboxylic acids is 1. The third kappa shape index (κ3) is 4.68. The molecular formula is C10H19NO2. The Kier molecular flexibility index (Phi) is 6.24. The lowest BCUT2D eigenvalue weighted by Gasteiger charge is -2.21. The number of unbranched alkanes of at least 4 members (excludes halogenated alkanes) is 1. The summed E-state index contributed by atoms with van der Waals surface area (Å²) in [5.74, 6) is -0.158. The minimum Gasteiger partial charge on any atom is -0.468 e. The van der Waals surface area contributed by atoms with Crippen LogP contribution in [0, 0.1) is 0 Å². The van der Waals surface area contributed by atoms with E-state index in [9.17, 15) is 4.79 Å². The molecule has 1 unspecified atom stereocenters. The Balaban J connectivity index is 3.94. The van der Waals surface area contributed by atoms with Crippen molar-refractivity contribution < 1.29 is 9.53 Å². The van der Waals surface area contributed by atoms with Crippen molar-refractivity contribution >= 4 is 5.97 Å². The van der Waals surface area contributed by atoms with Crippen LogP contribution in [0.5, 0.6) is 0 Å². The first-order valence-corrected chi connectivity index (χ1v) is 4.48. The summed E-state index contributed by atoms with van der Waals surface area (Å²) < 4.78 is 4.70. The zero-order valence-electron chi connectivity index (χ0n) is 8.75. The van der Waals surface area contributed by atoms with Crippen LogP contribution in [0.3, 0.4) is 0 Å². The van der Waals surface area contributed by atoms with E-state index in [-0.39, 0.29) is 12.0 Å². The number of hydrogen-bond donors (Lipinski definition) is 0. The maximum atomic E-state index is 11.3. The quantitative estimate of drug-likeness (QED) is 0.356. The number of carbonyl (C=O) groups is 1. The second kappa shape index (κ2) is 6.66. The van der Waals surface area contributed by atoms with Crippen molar-refractivity contribution in [2.24, 2.45) is 0 Å². The maximum Gasteiger partial charge on any atom is 0.323 e. The zero-order chi connectivity index (χ0) is 10.3. The average Bonchev–Trinajstić information content (AvgIpc) is 2.11. The maximum absolute atomic E-state index is 11.3. The summed E-state index contributed by atoms with van der Waals surface area (Å²) in [6, 6.07) is -0.120. The van der Waals surface area contributed by atoms with Crippen molar-refractivity contribution in [2.75, 3.05) is 21.2 Å². The van der Waals surface area contributed by atoms with Crippen LogP contribution >= 0.6 is 0 Å². The molecule has 3 heteroatoms. The molecule has 0 aromatic heterocycles. The molecule has 0 aromatic rings. The molecule has 76 valence electrons. The Labute approximate surface area is 80.4 Å². The summed E-state index contributed by atoms with van der Waals surface area (Å²) in [6.07, 6.45) is 4.61. The van der Waals surface area contributed by atoms with Gasteiger partial charge >= 0.3 is 5.97 Å². The largest absolute Gasteiger partial charge is 0.468 e. The molecule has 0 aliphatic rings. The number of hydrogen-bond acceptors (Lipinski definition) is 3. The number of allylic oxidation sites excluding steroid dienone is 1. The van der Waals surface area contributed by atoms with Crippen molar-refractivity contribution in [3.8, 4) is 0 Å². The SMILES string of the molecule is C=CCCCC(C(=O)OC)N(C)C. The number of methoxy groups -OCH3 is 1. The van der Waals surface area contributed by atoms with Crippen LogP contribution in [0.2, 0.25) is 0 Å². The number of rotatable bonds is 6. The molecule has 3 nitrogen and oxygen atoms in total. The molecule has 0 aromatic carbocycles. The predicted molar refractivity (Wildman–Crippen MR) is 53.5 cm³/mol. The molecule has 0 aliphatic carbocycles. The molecule has 0 amide bonds. The first-order valence-electron chi connectivity index (χ1n) is 4.48. The van der Waals surface area contributed by atoms with E-state index in [4.69, 9.17) is 4.74 Å². The molecule has 13 heavy (non-hydrogen) atoms. The smallest absolute Gasteiger partial charge is 0.323 e. The van der Waals surface area contributed by atoms with E-state index in [1.165, 1.54) is 7.11 Å². The van der Waals surface area contributed by atoms with Gasteiger partial charge in [-0.15, -0.1) is 6.58 Å². The first kappa shape index (κ1) is 12.2. The fourth-order valence-corrected chi connectivity index (χ4v) is 1.18. The van der Waals surface area contributed by atoms with Gasteiger partial charge in [-0.1, -0.05) is 6.08 Å². The topological polar surface area (TPSA) is 29.5 Å². The predicted octanol–water partition coefficient (Wildman–Crippen LogP) is 1.45. The number of nitrogens with zero attached hydrogens (tertiary/aromatic N) is 1. The van der Waals surface area contributed by atoms with Gasteiger partial charge < -0.3 is 4.74 Å². The second-order valence-electron chi connectivity index (χ2n) is 3.22. The van der Waals surface area contributed by atoms with Crippen molar-refractivity contribution in [3.05, 3.63) is 12.7 Å². The highest BCUT2D eigenvalue weighted by atomic mass is 16.5. The summed E-state index contributed by atoms with van der Waals surface area (Å²) >= 11 is 0. The number of esters is 1. The molecule has 0 N–H and O–H groups in total. The van der Waals surface area contributed by atoms with Gasteiger partial charge in [0, 0.05) is 0 Å². The van der Waals surface area contributed by atoms with Crippen LogP contribution in [-0.4, -0.2) is 38.1 Å². The van der Waals surface area contributed by atoms with Gasteiger partial charge in [0.25, 0.3) is 0 Å². The van der Waals surface area contributed by atoms with E-state index in [2.05, 4.69) is 6.58 Å². The van der Waals surface area contributed by atoms with E-state index >= 15 is 0 Å². The molecule has 0 rings (SSSR count). The fraction of sp³-hybridized carbons (Fsp3) is 0.700. The highest BCUT2D eigenvalue weighted by Crippen LogP contribution is 2.07. The van der Waals surface area contributed by atoms with E-state index in [0.717, 1.165) is 19.3 Å². The molecule has 1 atom stereocenters. The third-order valence-corrected chi connectivity index (χ3v) is 1.98. The molecule has 0 heterocycles. The lowest BCUT2D eigenvalue weighted by atomic mass is 10.1. The van der Waals surface area contributed by atoms with Gasteiger partial charge in [-0.05, 0) is 33.4 Å². The molecule has 0 spiro atoms. The number of ether oxygens (including phenoxy) is 1. The second-order valence-corrected chi connectivity index (χ2v) is 3.22. The van der Waals surface area contributed by atoms with Gasteiger partial charge in [0.1, 0.15) is 6.04 Å². The molecule has 0 saturated carbocycles. The van der Waals surface area contributed by atoms with Crippen molar-refractivity contribution in [3.63, 3.8) is 0 Å². The Morgan fingerprint density at radius 1 is 1.62 bits per heavy atom. The summed E-state index contributed by atoms with van der Waals surface area (Å²) in [4.78, 5) is 13.1. The van der Waals surface area contributed by atoms with Crippen molar-refractivity contribution in [1.82, 2.24) is 4.90 Å². The Morgan fingerprint density at radius 2 is 2.23 bits per heavy atom. The molecule has 0 fully saturated rings. The minimum atomic E-state index is -0.158. The van der Waals surface area contributed by atoms with Gasteiger partial charge in [0.05, 0.1) is 7.11 Å². The van der Waals surface area contributed by atoms with Gasteiger partial charge in [-0.3, -0.25) is 9.69 Å². The van der Waals surface area contributed by atoms with Gasteiger partial charge in [-0.25, -0.2) is 0 Å². The minimum absolute atomic E-state index is 0.120. The van der Waals surface area contributed by atoms with Gasteiger partial charge in [0.15, 0.2) is 0 Å². The summed E-state index contributed by atoms with van der Waals surface area (Å²) in [5.41, 5.74) is 0. The van der Waals surface area contributed by atoms with Crippen LogP contribution < -0.4 is 0 Å². The normalized spacial score (nSPS) is 12.6. The highest BCUT2D eigenvalue weighted by molar-refractivity contribution is 5.75. The van der Waals surface area contributed by atoms with Crippen LogP contribution in [0.25, 0.3) is 0 Å². The summed E-state index contributed by atoms with van der Waals surface area (Å²) in [6.45, 7) is 3.64. The Hall–Kier alpha value is -0.830. The lowest BCUT2D eigenvalue weighted by Crippen LogP contribution is -2.36. The standard InChI is InChI=1S/C10H19NO2/c1-5-6-7-8-9(11(2)3)10(12)13-4/h5,9H,1,6-8H2,2-4H3. The molecular weight excluding hydrogens is 166 g/mol. The van der Waals surface area contributed by atoms with E-state index < -0.39 is 0 Å². The van der Waals surface area contributed by atoms with Crippen LogP contribution in [0.1, 0.15) is 19.3 Å². The molecule has 0 bridgehead atoms. The summed E-state index contributed by atoms with van der Waals surface area (Å²) in [5, 5.41) is 0. The summed E-state index contributed by atoms with van der Waals surface area (Å²) in [7, 11) is 5.19. The van der Waals surface area contributed by atoms with Crippen LogP contribution in [-0.2, 0) is 9.53 Å². The lowest BCUT2D eigenvalue weighted by molar-refractivity contribution is -0.146. The van der Waals surface area contributed by atoms with Crippen LogP contribution in [0.15, 0.2) is 12.7 Å². The van der Waals surface area contributed by atoms with E-state index in [1.54, 1.807) is 0 Å². The highest BCUT2D eigenvalue weighted by Gasteiger charge is 2.20. The van der Waals surface area contributed by atoms with Crippen molar-refractivity contribution in [1.29, 1.82) is 0 Å². The first-order chi connectivity index (χ1) is 6.13. The number of likely N-dealkylation sites (N-methyl/N-ethyl adjacent to an activating group) is 1. The average molecular weight is 185 g/mol. The van der Waals surface area contributed by atoms with Crippen molar-refractivity contribution in [2.45, 2.75) is 25.3 Å². The van der Waals surface area contributed by atoms with Gasteiger partial charge in [-0.2, -0.15) is 0 Å². The van der Waals surface area contributed by atoms with Crippen LogP contribution in [0.4, 0.5) is 0 Å². The fourth-order valence-electron chi connectivity index (χ4n) is 1.18. The zero-order valence-corrected chi connectivity index (χ0v) is 8.75. The van der Waals surface area contributed by atoms with Gasteiger partial charge in [0.2, 0.25) is 0 Å². The monoisotopic (exact) mass is 185 g/mol. The molecule has 0 aliphatic heterocycles. The van der Waals surface area contributed by atoms with E-state index in [0.29, 0.717) is 0 Å². The van der Waals surface area contributed by atoms with E-state index in [1.807, 2.05) is 25.1 Å². The molecule has 0 radical (unpaired) electrons. The third-order valence-electron chi connectivity index (χ3n) is 1.98. The molecule has 0 saturated heterocycles.